The maximum Gasteiger partial charge on any atom is 0.267 e. The highest BCUT2D eigenvalue weighted by Gasteiger charge is 2.13. The van der Waals surface area contributed by atoms with Crippen LogP contribution in [0.3, 0.4) is 0 Å². The number of aryl methyl sites for hydroxylation is 3. The molecule has 0 aliphatic rings. The van der Waals surface area contributed by atoms with E-state index in [1.165, 1.54) is 6.07 Å². The zero-order valence-electron chi connectivity index (χ0n) is 16.4. The molecule has 28 heavy (non-hydrogen) atoms. The lowest BCUT2D eigenvalue weighted by atomic mass is 10.1. The molecule has 0 fully saturated rings. The first kappa shape index (κ1) is 19.4. The van der Waals surface area contributed by atoms with E-state index in [2.05, 4.69) is 10.4 Å². The Balaban J connectivity index is 1.87. The summed E-state index contributed by atoms with van der Waals surface area (Å²) in [6, 6.07) is 14.5. The van der Waals surface area contributed by atoms with E-state index >= 15 is 0 Å². The van der Waals surface area contributed by atoms with Crippen LogP contribution in [0, 0.1) is 20.8 Å². The SMILES string of the molecule is COc1ccccc1-c1ccc(=O)n(CC(=O)Nc2c(C)cc(C)cc2C)n1. The van der Waals surface area contributed by atoms with Gasteiger partial charge in [0.2, 0.25) is 5.91 Å². The van der Waals surface area contributed by atoms with Gasteiger partial charge < -0.3 is 10.1 Å². The van der Waals surface area contributed by atoms with Crippen molar-refractivity contribution < 1.29 is 9.53 Å². The van der Waals surface area contributed by atoms with Crippen LogP contribution in [0.25, 0.3) is 11.3 Å². The maximum absolute atomic E-state index is 12.6. The number of ether oxygens (including phenoxy) is 1. The molecule has 3 aromatic rings. The number of rotatable bonds is 5. The smallest absolute Gasteiger partial charge is 0.267 e. The lowest BCUT2D eigenvalue weighted by Gasteiger charge is -2.14. The van der Waals surface area contributed by atoms with Crippen LogP contribution >= 0.6 is 0 Å². The number of amides is 1. The number of methoxy groups -OCH3 is 1. The summed E-state index contributed by atoms with van der Waals surface area (Å²) in [5, 5.41) is 7.25. The molecule has 0 spiro atoms. The Morgan fingerprint density at radius 2 is 1.75 bits per heavy atom. The Morgan fingerprint density at radius 3 is 2.43 bits per heavy atom. The van der Waals surface area contributed by atoms with Gasteiger partial charge in [-0.3, -0.25) is 9.59 Å². The molecule has 0 radical (unpaired) electrons. The summed E-state index contributed by atoms with van der Waals surface area (Å²) in [5.41, 5.74) is 4.84. The van der Waals surface area contributed by atoms with Crippen molar-refractivity contribution in [2.24, 2.45) is 0 Å². The first-order valence-electron chi connectivity index (χ1n) is 8.98. The van der Waals surface area contributed by atoms with Gasteiger partial charge in [0.15, 0.2) is 0 Å². The van der Waals surface area contributed by atoms with E-state index in [9.17, 15) is 9.59 Å². The third-order valence-electron chi connectivity index (χ3n) is 4.48. The summed E-state index contributed by atoms with van der Waals surface area (Å²) >= 11 is 0. The molecule has 2 aromatic carbocycles. The lowest BCUT2D eigenvalue weighted by Crippen LogP contribution is -2.29. The molecular formula is C22H23N3O3. The second kappa shape index (κ2) is 8.08. The van der Waals surface area contributed by atoms with E-state index in [4.69, 9.17) is 4.74 Å². The van der Waals surface area contributed by atoms with Gasteiger partial charge >= 0.3 is 0 Å². The Morgan fingerprint density at radius 1 is 1.07 bits per heavy atom. The van der Waals surface area contributed by atoms with Gasteiger partial charge in [0.25, 0.3) is 5.56 Å². The second-order valence-corrected chi connectivity index (χ2v) is 6.74. The van der Waals surface area contributed by atoms with Crippen LogP contribution in [0.15, 0.2) is 53.3 Å². The molecule has 0 bridgehead atoms. The summed E-state index contributed by atoms with van der Waals surface area (Å²) in [6.45, 7) is 5.73. The van der Waals surface area contributed by atoms with Crippen LogP contribution in [-0.4, -0.2) is 22.8 Å². The van der Waals surface area contributed by atoms with Gasteiger partial charge in [-0.15, -0.1) is 0 Å². The molecule has 6 nitrogen and oxygen atoms in total. The number of carbonyl (C=O) groups excluding carboxylic acids is 1. The van der Waals surface area contributed by atoms with Gasteiger partial charge in [0, 0.05) is 17.3 Å². The predicted molar refractivity (Wildman–Crippen MR) is 110 cm³/mol. The molecule has 3 rings (SSSR count). The highest BCUT2D eigenvalue weighted by molar-refractivity contribution is 5.92. The standard InChI is InChI=1S/C22H23N3O3/c1-14-11-15(2)22(16(3)12-14)23-20(26)13-25-21(27)10-9-18(24-25)17-7-5-6-8-19(17)28-4/h5-12H,13H2,1-4H3,(H,23,26). The molecule has 1 heterocycles. The highest BCUT2D eigenvalue weighted by atomic mass is 16.5. The monoisotopic (exact) mass is 377 g/mol. The van der Waals surface area contributed by atoms with Crippen molar-refractivity contribution in [2.75, 3.05) is 12.4 Å². The molecule has 0 saturated heterocycles. The number of para-hydroxylation sites is 1. The summed E-state index contributed by atoms with van der Waals surface area (Å²) < 4.78 is 6.52. The fourth-order valence-electron chi connectivity index (χ4n) is 3.25. The summed E-state index contributed by atoms with van der Waals surface area (Å²) in [5.74, 6) is 0.345. The molecular weight excluding hydrogens is 354 g/mol. The van der Waals surface area contributed by atoms with Crippen molar-refractivity contribution in [1.29, 1.82) is 0 Å². The van der Waals surface area contributed by atoms with Crippen LogP contribution in [0.2, 0.25) is 0 Å². The number of carbonyl (C=O) groups is 1. The van der Waals surface area contributed by atoms with Gasteiger partial charge in [-0.05, 0) is 50.1 Å². The molecule has 144 valence electrons. The lowest BCUT2D eigenvalue weighted by molar-refractivity contribution is -0.117. The number of aromatic nitrogens is 2. The molecule has 0 aliphatic heterocycles. The highest BCUT2D eigenvalue weighted by Crippen LogP contribution is 2.27. The van der Waals surface area contributed by atoms with Crippen LogP contribution < -0.4 is 15.6 Å². The molecule has 6 heteroatoms. The Kier molecular flexibility index (Phi) is 5.59. The number of nitrogens with zero attached hydrogens (tertiary/aromatic N) is 2. The molecule has 0 atom stereocenters. The maximum atomic E-state index is 12.6. The summed E-state index contributed by atoms with van der Waals surface area (Å²) in [6.07, 6.45) is 0. The first-order valence-corrected chi connectivity index (χ1v) is 8.98. The van der Waals surface area contributed by atoms with Gasteiger partial charge in [-0.1, -0.05) is 29.8 Å². The van der Waals surface area contributed by atoms with Crippen LogP contribution in [-0.2, 0) is 11.3 Å². The summed E-state index contributed by atoms with van der Waals surface area (Å²) in [7, 11) is 1.58. The normalized spacial score (nSPS) is 10.6. The zero-order chi connectivity index (χ0) is 20.3. The zero-order valence-corrected chi connectivity index (χ0v) is 16.4. The number of anilines is 1. The van der Waals surface area contributed by atoms with Crippen molar-refractivity contribution in [1.82, 2.24) is 9.78 Å². The van der Waals surface area contributed by atoms with E-state index < -0.39 is 0 Å². The third kappa shape index (κ3) is 4.11. The van der Waals surface area contributed by atoms with Gasteiger partial charge in [-0.2, -0.15) is 5.10 Å². The number of hydrogen-bond acceptors (Lipinski definition) is 4. The fraction of sp³-hybridized carbons (Fsp3) is 0.227. The minimum Gasteiger partial charge on any atom is -0.496 e. The Labute approximate surface area is 163 Å². The average Bonchev–Trinajstić information content (AvgIpc) is 2.66. The Hall–Kier alpha value is -3.41. The van der Waals surface area contributed by atoms with Crippen LogP contribution in [0.1, 0.15) is 16.7 Å². The van der Waals surface area contributed by atoms with Crippen molar-refractivity contribution >= 4 is 11.6 Å². The predicted octanol–water partition coefficient (Wildman–Crippen LogP) is 3.48. The van der Waals surface area contributed by atoms with Crippen molar-refractivity contribution in [3.63, 3.8) is 0 Å². The Bertz CT molecular complexity index is 1060. The van der Waals surface area contributed by atoms with E-state index in [1.807, 2.05) is 57.2 Å². The minimum atomic E-state index is -0.342. The van der Waals surface area contributed by atoms with E-state index in [0.29, 0.717) is 11.4 Å². The van der Waals surface area contributed by atoms with Crippen molar-refractivity contribution in [3.05, 3.63) is 75.6 Å². The minimum absolute atomic E-state index is 0.172. The van der Waals surface area contributed by atoms with Gasteiger partial charge in [0.1, 0.15) is 12.3 Å². The average molecular weight is 377 g/mol. The van der Waals surface area contributed by atoms with Crippen molar-refractivity contribution in [3.8, 4) is 17.0 Å². The number of nitrogens with one attached hydrogen (secondary N) is 1. The topological polar surface area (TPSA) is 73.2 Å². The first-order chi connectivity index (χ1) is 13.4. The fourth-order valence-corrected chi connectivity index (χ4v) is 3.25. The largest absolute Gasteiger partial charge is 0.496 e. The van der Waals surface area contributed by atoms with E-state index in [0.717, 1.165) is 32.6 Å². The number of hydrogen-bond donors (Lipinski definition) is 1. The quantitative estimate of drug-likeness (QED) is 0.739. The third-order valence-corrected chi connectivity index (χ3v) is 4.48. The van der Waals surface area contributed by atoms with Crippen LogP contribution in [0.4, 0.5) is 5.69 Å². The van der Waals surface area contributed by atoms with Crippen LogP contribution in [0.5, 0.6) is 5.75 Å². The molecule has 1 amide bonds. The molecule has 0 unspecified atom stereocenters. The van der Waals surface area contributed by atoms with Gasteiger partial charge in [-0.25, -0.2) is 4.68 Å². The van der Waals surface area contributed by atoms with E-state index in [-0.39, 0.29) is 18.0 Å². The van der Waals surface area contributed by atoms with Gasteiger partial charge in [0.05, 0.1) is 12.8 Å². The van der Waals surface area contributed by atoms with Crippen molar-refractivity contribution in [2.45, 2.75) is 27.3 Å². The summed E-state index contributed by atoms with van der Waals surface area (Å²) in [4.78, 5) is 24.8. The second-order valence-electron chi connectivity index (χ2n) is 6.74. The molecule has 1 aromatic heterocycles. The molecule has 0 saturated carbocycles. The molecule has 1 N–H and O–H groups in total. The van der Waals surface area contributed by atoms with E-state index in [1.54, 1.807) is 13.2 Å². The number of benzene rings is 2. The molecule has 0 aliphatic carbocycles.